The molecule has 0 saturated heterocycles. The molecule has 56 valence electrons. The molecule has 0 spiro atoms. The van der Waals surface area contributed by atoms with E-state index in [1.807, 2.05) is 0 Å². The Balaban J connectivity index is 3.12. The predicted molar refractivity (Wildman–Crippen MR) is 43.7 cm³/mol. The molecular formula is C10H9F. The average molecular weight is 148 g/mol. The Kier molecular flexibility index (Phi) is 2.28. The fraction of sp³-hybridized carbons (Fsp3) is 0.200. The minimum Gasteiger partial charge on any atom is -0.207 e. The summed E-state index contributed by atoms with van der Waals surface area (Å²) in [6.45, 7) is 3.49. The molecule has 0 saturated carbocycles. The first-order chi connectivity index (χ1) is 5.24. The molecule has 0 heterocycles. The maximum absolute atomic E-state index is 12.7. The number of hydrogen-bond donors (Lipinski definition) is 0. The molecule has 0 aliphatic rings. The van der Waals surface area contributed by atoms with Crippen molar-refractivity contribution in [3.63, 3.8) is 0 Å². The average Bonchev–Trinajstić information content (AvgIpc) is 1.98. The summed E-state index contributed by atoms with van der Waals surface area (Å²) < 4.78 is 12.7. The molecule has 0 aliphatic heterocycles. The lowest BCUT2D eigenvalue weighted by atomic mass is 10.1. The van der Waals surface area contributed by atoms with Gasteiger partial charge in [0.1, 0.15) is 5.82 Å². The molecule has 11 heavy (non-hydrogen) atoms. The second kappa shape index (κ2) is 3.21. The molecule has 1 rings (SSSR count). The zero-order chi connectivity index (χ0) is 8.27. The number of benzene rings is 1. The third-order valence-corrected chi connectivity index (χ3v) is 1.43. The molecule has 0 radical (unpaired) electrons. The molecule has 0 aliphatic carbocycles. The van der Waals surface area contributed by atoms with Crippen LogP contribution in [0.2, 0.25) is 0 Å². The Morgan fingerprint density at radius 1 is 1.36 bits per heavy atom. The highest BCUT2D eigenvalue weighted by molar-refractivity contribution is 5.36. The highest BCUT2D eigenvalue weighted by Gasteiger charge is 1.95. The van der Waals surface area contributed by atoms with Gasteiger partial charge < -0.3 is 0 Å². The van der Waals surface area contributed by atoms with Crippen LogP contribution in [0.3, 0.4) is 0 Å². The SMILES string of the molecule is CC#Cc1ccc(F)c(C)c1. The summed E-state index contributed by atoms with van der Waals surface area (Å²) in [5.74, 6) is 5.44. The Morgan fingerprint density at radius 2 is 2.09 bits per heavy atom. The third kappa shape index (κ3) is 1.81. The van der Waals surface area contributed by atoms with Gasteiger partial charge in [-0.25, -0.2) is 4.39 Å². The summed E-state index contributed by atoms with van der Waals surface area (Å²) in [5, 5.41) is 0. The van der Waals surface area contributed by atoms with Gasteiger partial charge in [-0.2, -0.15) is 0 Å². The fourth-order valence-corrected chi connectivity index (χ4v) is 0.867. The molecule has 1 aromatic rings. The summed E-state index contributed by atoms with van der Waals surface area (Å²) in [6, 6.07) is 4.86. The first-order valence-corrected chi connectivity index (χ1v) is 3.43. The number of hydrogen-bond acceptors (Lipinski definition) is 0. The quantitative estimate of drug-likeness (QED) is 0.496. The van der Waals surface area contributed by atoms with Crippen LogP contribution in [0.5, 0.6) is 0 Å². The lowest BCUT2D eigenvalue weighted by Crippen LogP contribution is -1.82. The lowest BCUT2D eigenvalue weighted by molar-refractivity contribution is 0.618. The summed E-state index contributed by atoms with van der Waals surface area (Å²) in [4.78, 5) is 0. The van der Waals surface area contributed by atoms with E-state index >= 15 is 0 Å². The molecule has 0 nitrogen and oxygen atoms in total. The van der Waals surface area contributed by atoms with Crippen LogP contribution in [-0.4, -0.2) is 0 Å². The van der Waals surface area contributed by atoms with E-state index in [-0.39, 0.29) is 5.82 Å². The molecule has 0 fully saturated rings. The van der Waals surface area contributed by atoms with Gasteiger partial charge in [-0.3, -0.25) is 0 Å². The number of aryl methyl sites for hydroxylation is 1. The summed E-state index contributed by atoms with van der Waals surface area (Å²) in [7, 11) is 0. The molecular weight excluding hydrogens is 139 g/mol. The van der Waals surface area contributed by atoms with Gasteiger partial charge in [-0.15, -0.1) is 5.92 Å². The van der Waals surface area contributed by atoms with Gasteiger partial charge in [0, 0.05) is 5.56 Å². The fourth-order valence-electron chi connectivity index (χ4n) is 0.867. The van der Waals surface area contributed by atoms with E-state index in [1.165, 1.54) is 6.07 Å². The van der Waals surface area contributed by atoms with Crippen molar-refractivity contribution in [1.82, 2.24) is 0 Å². The standard InChI is InChI=1S/C10H9F/c1-3-4-9-5-6-10(11)8(2)7-9/h5-7H,1-2H3. The Hall–Kier alpha value is -1.29. The van der Waals surface area contributed by atoms with Crippen molar-refractivity contribution in [1.29, 1.82) is 0 Å². The highest BCUT2D eigenvalue weighted by atomic mass is 19.1. The molecule has 0 amide bonds. The van der Waals surface area contributed by atoms with Crippen molar-refractivity contribution in [2.24, 2.45) is 0 Å². The van der Waals surface area contributed by atoms with Gasteiger partial charge in [0.05, 0.1) is 0 Å². The van der Waals surface area contributed by atoms with Crippen molar-refractivity contribution in [3.8, 4) is 11.8 Å². The van der Waals surface area contributed by atoms with Gasteiger partial charge in [-0.05, 0) is 37.6 Å². The first-order valence-electron chi connectivity index (χ1n) is 3.43. The van der Waals surface area contributed by atoms with Crippen LogP contribution in [0.4, 0.5) is 4.39 Å². The van der Waals surface area contributed by atoms with Gasteiger partial charge in [0.25, 0.3) is 0 Å². The second-order valence-corrected chi connectivity index (χ2v) is 2.34. The number of rotatable bonds is 0. The predicted octanol–water partition coefficient (Wildman–Crippen LogP) is 2.51. The zero-order valence-electron chi connectivity index (χ0n) is 6.61. The van der Waals surface area contributed by atoms with Crippen LogP contribution in [0.25, 0.3) is 0 Å². The molecule has 0 aromatic heterocycles. The minimum atomic E-state index is -0.174. The second-order valence-electron chi connectivity index (χ2n) is 2.34. The third-order valence-electron chi connectivity index (χ3n) is 1.43. The highest BCUT2D eigenvalue weighted by Crippen LogP contribution is 2.07. The van der Waals surface area contributed by atoms with Crippen molar-refractivity contribution in [2.75, 3.05) is 0 Å². The maximum Gasteiger partial charge on any atom is 0.126 e. The number of halogens is 1. The van der Waals surface area contributed by atoms with E-state index in [9.17, 15) is 4.39 Å². The van der Waals surface area contributed by atoms with Crippen LogP contribution < -0.4 is 0 Å². The van der Waals surface area contributed by atoms with Gasteiger partial charge in [0.2, 0.25) is 0 Å². The van der Waals surface area contributed by atoms with Crippen molar-refractivity contribution < 1.29 is 4.39 Å². The van der Waals surface area contributed by atoms with E-state index in [1.54, 1.807) is 26.0 Å². The van der Waals surface area contributed by atoms with Crippen molar-refractivity contribution in [2.45, 2.75) is 13.8 Å². The molecule has 1 heteroatoms. The van der Waals surface area contributed by atoms with E-state index < -0.39 is 0 Å². The van der Waals surface area contributed by atoms with Crippen LogP contribution in [0.15, 0.2) is 18.2 Å². The minimum absolute atomic E-state index is 0.174. The lowest BCUT2D eigenvalue weighted by Gasteiger charge is -1.94. The van der Waals surface area contributed by atoms with Gasteiger partial charge in [-0.1, -0.05) is 5.92 Å². The summed E-state index contributed by atoms with van der Waals surface area (Å²) >= 11 is 0. The topological polar surface area (TPSA) is 0 Å². The van der Waals surface area contributed by atoms with Crippen LogP contribution in [0.1, 0.15) is 18.1 Å². The smallest absolute Gasteiger partial charge is 0.126 e. The maximum atomic E-state index is 12.7. The normalized spacial score (nSPS) is 8.64. The summed E-state index contributed by atoms with van der Waals surface area (Å²) in [5.41, 5.74) is 1.51. The Morgan fingerprint density at radius 3 is 2.64 bits per heavy atom. The first kappa shape index (κ1) is 7.81. The van der Waals surface area contributed by atoms with Crippen LogP contribution in [0, 0.1) is 24.6 Å². The molecule has 0 bridgehead atoms. The Bertz CT molecular complexity index is 315. The van der Waals surface area contributed by atoms with Gasteiger partial charge >= 0.3 is 0 Å². The Labute approximate surface area is 66.1 Å². The van der Waals surface area contributed by atoms with E-state index in [0.717, 1.165) is 5.56 Å². The van der Waals surface area contributed by atoms with Crippen LogP contribution >= 0.6 is 0 Å². The van der Waals surface area contributed by atoms with Crippen LogP contribution in [-0.2, 0) is 0 Å². The van der Waals surface area contributed by atoms with Gasteiger partial charge in [0.15, 0.2) is 0 Å². The van der Waals surface area contributed by atoms with E-state index in [0.29, 0.717) is 5.56 Å². The molecule has 1 aromatic carbocycles. The largest absolute Gasteiger partial charge is 0.207 e. The van der Waals surface area contributed by atoms with E-state index in [2.05, 4.69) is 11.8 Å². The molecule has 0 atom stereocenters. The van der Waals surface area contributed by atoms with Crippen molar-refractivity contribution in [3.05, 3.63) is 35.1 Å². The monoisotopic (exact) mass is 148 g/mol. The molecule has 0 unspecified atom stereocenters. The van der Waals surface area contributed by atoms with E-state index in [4.69, 9.17) is 0 Å². The zero-order valence-corrected chi connectivity index (χ0v) is 6.61. The van der Waals surface area contributed by atoms with Crippen molar-refractivity contribution >= 4 is 0 Å². The summed E-state index contributed by atoms with van der Waals surface area (Å²) in [6.07, 6.45) is 0. The molecule has 0 N–H and O–H groups in total.